The van der Waals surface area contributed by atoms with Crippen LogP contribution in [-0.2, 0) is 14.8 Å². The Kier molecular flexibility index (Phi) is 6.70. The van der Waals surface area contributed by atoms with Crippen LogP contribution in [0.1, 0.15) is 24.0 Å². The Hall–Kier alpha value is -1.54. The maximum atomic E-state index is 13.1. The summed E-state index contributed by atoms with van der Waals surface area (Å²) in [5.41, 5.74) is 1.91. The van der Waals surface area contributed by atoms with Crippen LogP contribution in [0.2, 0.25) is 0 Å². The van der Waals surface area contributed by atoms with Crippen LogP contribution in [0.15, 0.2) is 52.3 Å². The third-order valence-corrected chi connectivity index (χ3v) is 8.05. The molecule has 0 atom stereocenters. The molecule has 0 saturated carbocycles. The second-order valence-electron chi connectivity index (χ2n) is 7.12. The van der Waals surface area contributed by atoms with E-state index in [9.17, 15) is 8.42 Å². The second kappa shape index (κ2) is 8.86. The van der Waals surface area contributed by atoms with E-state index in [-0.39, 0.29) is 9.64 Å². The van der Waals surface area contributed by atoms with Gasteiger partial charge in [-0.1, -0.05) is 18.2 Å². The number of sulfonamides is 1. The summed E-state index contributed by atoms with van der Waals surface area (Å²) < 4.78 is 39.6. The van der Waals surface area contributed by atoms with E-state index in [4.69, 9.17) is 9.47 Å². The predicted molar refractivity (Wildman–Crippen MR) is 113 cm³/mol. The van der Waals surface area contributed by atoms with E-state index in [1.54, 1.807) is 23.9 Å². The Balaban J connectivity index is 1.84. The first-order valence-electron chi connectivity index (χ1n) is 9.32. The first kappa shape index (κ1) is 21.2. The van der Waals surface area contributed by atoms with Gasteiger partial charge in [0.05, 0.1) is 7.11 Å². The lowest BCUT2D eigenvalue weighted by molar-refractivity contribution is 0.0784. The number of methoxy groups -OCH3 is 1. The van der Waals surface area contributed by atoms with Crippen molar-refractivity contribution in [3.05, 3.63) is 53.6 Å². The minimum Gasteiger partial charge on any atom is -0.495 e. The monoisotopic (exact) mass is 421 g/mol. The maximum Gasteiger partial charge on any atom is 0.244 e. The van der Waals surface area contributed by atoms with Crippen LogP contribution in [0.5, 0.6) is 5.75 Å². The molecule has 1 N–H and O–H groups in total. The molecule has 1 heterocycles. The largest absolute Gasteiger partial charge is 0.495 e. The zero-order valence-corrected chi connectivity index (χ0v) is 18.2. The van der Waals surface area contributed by atoms with Gasteiger partial charge in [0.25, 0.3) is 0 Å². The van der Waals surface area contributed by atoms with Crippen molar-refractivity contribution in [2.45, 2.75) is 41.2 Å². The van der Waals surface area contributed by atoms with E-state index in [1.807, 2.05) is 32.0 Å². The molecule has 7 heteroatoms. The molecule has 0 aliphatic carbocycles. The number of ether oxygens (including phenoxy) is 2. The van der Waals surface area contributed by atoms with Crippen LogP contribution in [0.4, 0.5) is 0 Å². The molecule has 1 saturated heterocycles. The summed E-state index contributed by atoms with van der Waals surface area (Å²) in [6, 6.07) is 13.5. The minimum atomic E-state index is -3.70. The number of nitrogens with one attached hydrogen (secondary N) is 1. The van der Waals surface area contributed by atoms with Crippen molar-refractivity contribution >= 4 is 21.8 Å². The number of hydrogen-bond donors (Lipinski definition) is 1. The van der Waals surface area contributed by atoms with Gasteiger partial charge in [-0.2, -0.15) is 0 Å². The zero-order chi connectivity index (χ0) is 20.2. The van der Waals surface area contributed by atoms with Crippen LogP contribution in [0, 0.1) is 13.8 Å². The summed E-state index contributed by atoms with van der Waals surface area (Å²) in [7, 11) is -2.21. The molecule has 28 heavy (non-hydrogen) atoms. The van der Waals surface area contributed by atoms with Gasteiger partial charge < -0.3 is 9.47 Å². The summed E-state index contributed by atoms with van der Waals surface area (Å²) in [5, 5.41) is 0. The first-order chi connectivity index (χ1) is 13.4. The first-order valence-corrected chi connectivity index (χ1v) is 11.6. The van der Waals surface area contributed by atoms with Gasteiger partial charge in [-0.15, -0.1) is 11.8 Å². The van der Waals surface area contributed by atoms with Crippen molar-refractivity contribution in [3.8, 4) is 5.75 Å². The third kappa shape index (κ3) is 4.89. The van der Waals surface area contributed by atoms with Gasteiger partial charge in [0, 0.05) is 29.4 Å². The van der Waals surface area contributed by atoms with Crippen molar-refractivity contribution in [2.24, 2.45) is 0 Å². The fourth-order valence-corrected chi connectivity index (χ4v) is 5.99. The molecule has 1 aliphatic heterocycles. The molecular formula is C21H27NO4S2. The quantitative estimate of drug-likeness (QED) is 0.734. The van der Waals surface area contributed by atoms with Crippen LogP contribution in [0.3, 0.4) is 0 Å². The molecule has 0 radical (unpaired) electrons. The Morgan fingerprint density at radius 1 is 1.11 bits per heavy atom. The molecule has 5 nitrogen and oxygen atoms in total. The highest BCUT2D eigenvalue weighted by molar-refractivity contribution is 8.00. The van der Waals surface area contributed by atoms with Crippen LogP contribution < -0.4 is 9.46 Å². The van der Waals surface area contributed by atoms with Gasteiger partial charge in [-0.25, -0.2) is 13.1 Å². The highest BCUT2D eigenvalue weighted by Gasteiger charge is 2.35. The molecule has 0 unspecified atom stereocenters. The molecule has 0 aromatic heterocycles. The van der Waals surface area contributed by atoms with Crippen molar-refractivity contribution in [2.75, 3.05) is 26.9 Å². The summed E-state index contributed by atoms with van der Waals surface area (Å²) >= 11 is 1.73. The normalized spacial score (nSPS) is 16.7. The molecule has 1 aliphatic rings. The smallest absolute Gasteiger partial charge is 0.244 e. The Bertz CT molecular complexity index is 908. The third-order valence-electron chi connectivity index (χ3n) is 5.14. The van der Waals surface area contributed by atoms with Gasteiger partial charge in [0.1, 0.15) is 10.6 Å². The van der Waals surface area contributed by atoms with Gasteiger partial charge in [-0.05, 0) is 62.1 Å². The van der Waals surface area contributed by atoms with E-state index >= 15 is 0 Å². The van der Waals surface area contributed by atoms with Crippen LogP contribution in [-0.4, -0.2) is 40.0 Å². The van der Waals surface area contributed by atoms with Crippen molar-refractivity contribution in [1.82, 2.24) is 4.72 Å². The van der Waals surface area contributed by atoms with Gasteiger partial charge >= 0.3 is 0 Å². The molecule has 2 aromatic carbocycles. The number of benzene rings is 2. The lowest BCUT2D eigenvalue weighted by Gasteiger charge is -2.36. The molecular weight excluding hydrogens is 394 g/mol. The van der Waals surface area contributed by atoms with Crippen molar-refractivity contribution < 1.29 is 17.9 Å². The average Bonchev–Trinajstić information content (AvgIpc) is 2.70. The summed E-state index contributed by atoms with van der Waals surface area (Å²) in [6.07, 6.45) is 1.58. The van der Waals surface area contributed by atoms with Crippen molar-refractivity contribution in [3.63, 3.8) is 0 Å². The summed E-state index contributed by atoms with van der Waals surface area (Å²) in [5.74, 6) is 0.368. The zero-order valence-electron chi connectivity index (χ0n) is 16.5. The summed E-state index contributed by atoms with van der Waals surface area (Å²) in [4.78, 5) is 1.32. The topological polar surface area (TPSA) is 64.6 Å². The van der Waals surface area contributed by atoms with Gasteiger partial charge in [0.15, 0.2) is 0 Å². The summed E-state index contributed by atoms with van der Waals surface area (Å²) in [6.45, 7) is 5.45. The molecule has 1 fully saturated rings. The van der Waals surface area contributed by atoms with Crippen LogP contribution in [0.25, 0.3) is 0 Å². The molecule has 0 amide bonds. The van der Waals surface area contributed by atoms with E-state index in [2.05, 4.69) is 16.9 Å². The highest BCUT2D eigenvalue weighted by atomic mass is 32.2. The lowest BCUT2D eigenvalue weighted by Crippen LogP contribution is -2.44. The van der Waals surface area contributed by atoms with E-state index in [0.717, 1.165) is 28.9 Å². The number of hydrogen-bond acceptors (Lipinski definition) is 5. The van der Waals surface area contributed by atoms with E-state index < -0.39 is 10.0 Å². The SMILES string of the molecule is COc1cc(C)c(C)cc1S(=O)(=O)NCC1(Sc2ccccc2)CCOCC1. The molecule has 2 aromatic rings. The molecule has 0 spiro atoms. The fraction of sp³-hybridized carbons (Fsp3) is 0.429. The lowest BCUT2D eigenvalue weighted by atomic mass is 9.99. The Morgan fingerprint density at radius 3 is 2.39 bits per heavy atom. The molecule has 3 rings (SSSR count). The Morgan fingerprint density at radius 2 is 1.75 bits per heavy atom. The van der Waals surface area contributed by atoms with Crippen molar-refractivity contribution in [1.29, 1.82) is 0 Å². The average molecular weight is 422 g/mol. The number of thioether (sulfide) groups is 1. The second-order valence-corrected chi connectivity index (χ2v) is 10.4. The van der Waals surface area contributed by atoms with E-state index in [1.165, 1.54) is 7.11 Å². The fourth-order valence-electron chi connectivity index (χ4n) is 3.23. The molecule has 0 bridgehead atoms. The maximum absolute atomic E-state index is 13.1. The standard InChI is InChI=1S/C21H27NO4S2/c1-16-13-19(25-3)20(14-17(16)2)28(23,24)22-15-21(9-11-26-12-10-21)27-18-7-5-4-6-8-18/h4-8,13-14,22H,9-12,15H2,1-3H3. The van der Waals surface area contributed by atoms with E-state index in [0.29, 0.717) is 25.5 Å². The van der Waals surface area contributed by atoms with Gasteiger partial charge in [0.2, 0.25) is 10.0 Å². The number of aryl methyl sites for hydroxylation is 2. The Labute approximate surface area is 171 Å². The number of rotatable bonds is 7. The van der Waals surface area contributed by atoms with Crippen LogP contribution >= 0.6 is 11.8 Å². The minimum absolute atomic E-state index is 0.185. The van der Waals surface area contributed by atoms with Gasteiger partial charge in [-0.3, -0.25) is 0 Å². The highest BCUT2D eigenvalue weighted by Crippen LogP contribution is 2.40. The predicted octanol–water partition coefficient (Wildman–Crippen LogP) is 3.93. The molecule has 152 valence electrons.